The molecule has 2 aromatic carbocycles. The van der Waals surface area contributed by atoms with Crippen LogP contribution in [-0.2, 0) is 9.59 Å². The molecule has 2 atom stereocenters. The van der Waals surface area contributed by atoms with Crippen molar-refractivity contribution in [3.8, 4) is 0 Å². The van der Waals surface area contributed by atoms with Gasteiger partial charge in [-0.2, -0.15) is 4.98 Å². The van der Waals surface area contributed by atoms with Crippen LogP contribution < -0.4 is 15.7 Å². The van der Waals surface area contributed by atoms with Crippen LogP contribution >= 0.6 is 23.2 Å². The number of hydrogen-bond acceptors (Lipinski definition) is 6. The Morgan fingerprint density at radius 1 is 1.12 bits per heavy atom. The van der Waals surface area contributed by atoms with Crippen LogP contribution in [0, 0.1) is 0 Å². The highest BCUT2D eigenvalue weighted by Crippen LogP contribution is 2.40. The molecule has 32 heavy (non-hydrogen) atoms. The lowest BCUT2D eigenvalue weighted by Crippen LogP contribution is -2.28. The van der Waals surface area contributed by atoms with Gasteiger partial charge in [0.1, 0.15) is 0 Å². The van der Waals surface area contributed by atoms with Gasteiger partial charge in [0.2, 0.25) is 11.9 Å². The topological polar surface area (TPSA) is 112 Å². The second-order valence-corrected chi connectivity index (χ2v) is 8.34. The largest absolute Gasteiger partial charge is 0.550 e. The van der Waals surface area contributed by atoms with E-state index < -0.39 is 5.97 Å². The molecule has 1 amide bonds. The van der Waals surface area contributed by atoms with Gasteiger partial charge in [0.15, 0.2) is 0 Å². The van der Waals surface area contributed by atoms with Crippen molar-refractivity contribution in [1.29, 1.82) is 0 Å². The minimum atomic E-state index is -1.19. The molecule has 4 rings (SSSR count). The van der Waals surface area contributed by atoms with E-state index in [1.807, 2.05) is 48.5 Å². The fourth-order valence-corrected chi connectivity index (χ4v) is 4.12. The Bertz CT molecular complexity index is 1130. The Labute approximate surface area is 194 Å². The standard InChI is InChI=1S/C22H21Cl2N5O3/c23-14-10-8-13(9-11-14)17-12-18(15-4-1-2-5-16(15)24)29-22(25-17)27-21(28-29)26-19(30)6-3-7-20(31)32/h1-2,4-5,8-11,17-18H,3,6-7,12H2,(H,31,32)(H2,25,26,27,28,30)/p-1/t17-,18-/m0/s1. The molecule has 0 radical (unpaired) electrons. The third-order valence-corrected chi connectivity index (χ3v) is 5.86. The second kappa shape index (κ2) is 9.58. The number of carbonyl (C=O) groups is 2. The Hall–Kier alpha value is -3.10. The highest BCUT2D eigenvalue weighted by molar-refractivity contribution is 6.31. The molecule has 1 aliphatic heterocycles. The van der Waals surface area contributed by atoms with Crippen LogP contribution in [0.2, 0.25) is 10.0 Å². The van der Waals surface area contributed by atoms with E-state index in [2.05, 4.69) is 20.7 Å². The fraction of sp³-hybridized carbons (Fsp3) is 0.273. The zero-order valence-electron chi connectivity index (χ0n) is 16.9. The van der Waals surface area contributed by atoms with Crippen molar-refractivity contribution in [2.45, 2.75) is 37.8 Å². The first-order valence-corrected chi connectivity index (χ1v) is 10.9. The summed E-state index contributed by atoms with van der Waals surface area (Å²) in [5.41, 5.74) is 1.93. The summed E-state index contributed by atoms with van der Waals surface area (Å²) in [6, 6.07) is 14.8. The number of fused-ring (bicyclic) bond motifs is 1. The maximum Gasteiger partial charge on any atom is 0.250 e. The van der Waals surface area contributed by atoms with Crippen molar-refractivity contribution in [2.75, 3.05) is 10.6 Å². The van der Waals surface area contributed by atoms with Crippen molar-refractivity contribution in [3.63, 3.8) is 0 Å². The average molecular weight is 473 g/mol. The quantitative estimate of drug-likeness (QED) is 0.543. The van der Waals surface area contributed by atoms with E-state index >= 15 is 0 Å². The monoisotopic (exact) mass is 472 g/mol. The Balaban J connectivity index is 1.61. The predicted molar refractivity (Wildman–Crippen MR) is 120 cm³/mol. The molecule has 3 aromatic rings. The van der Waals surface area contributed by atoms with Crippen molar-refractivity contribution < 1.29 is 14.7 Å². The van der Waals surface area contributed by atoms with Gasteiger partial charge >= 0.3 is 0 Å². The molecule has 1 aliphatic rings. The smallest absolute Gasteiger partial charge is 0.250 e. The van der Waals surface area contributed by atoms with Gasteiger partial charge in [-0.05, 0) is 48.6 Å². The van der Waals surface area contributed by atoms with Crippen LogP contribution in [0.25, 0.3) is 0 Å². The zero-order valence-corrected chi connectivity index (χ0v) is 18.4. The van der Waals surface area contributed by atoms with E-state index in [9.17, 15) is 14.7 Å². The van der Waals surface area contributed by atoms with Gasteiger partial charge in [-0.25, -0.2) is 4.68 Å². The van der Waals surface area contributed by atoms with Crippen molar-refractivity contribution in [1.82, 2.24) is 14.8 Å². The molecule has 0 saturated heterocycles. The van der Waals surface area contributed by atoms with Crippen LogP contribution in [0.1, 0.15) is 48.9 Å². The summed E-state index contributed by atoms with van der Waals surface area (Å²) in [5.74, 6) is -0.919. The summed E-state index contributed by atoms with van der Waals surface area (Å²) >= 11 is 12.5. The molecule has 0 aliphatic carbocycles. The Kier molecular flexibility index (Phi) is 6.62. The summed E-state index contributed by atoms with van der Waals surface area (Å²) < 4.78 is 1.71. The molecule has 2 N–H and O–H groups in total. The molecule has 0 unspecified atom stereocenters. The number of aliphatic carboxylic acids is 1. The van der Waals surface area contributed by atoms with Crippen molar-refractivity contribution >= 4 is 47.0 Å². The number of halogens is 2. The fourth-order valence-electron chi connectivity index (χ4n) is 3.73. The van der Waals surface area contributed by atoms with Gasteiger partial charge in [-0.3, -0.25) is 10.1 Å². The lowest BCUT2D eigenvalue weighted by atomic mass is 9.93. The van der Waals surface area contributed by atoms with E-state index in [0.29, 0.717) is 22.4 Å². The van der Waals surface area contributed by atoms with Gasteiger partial charge in [-0.1, -0.05) is 53.5 Å². The third kappa shape index (κ3) is 5.03. The number of hydrogen-bond donors (Lipinski definition) is 2. The molecular formula is C22H20Cl2N5O3-. The number of rotatable bonds is 7. The highest BCUT2D eigenvalue weighted by Gasteiger charge is 2.32. The van der Waals surface area contributed by atoms with Crippen molar-refractivity contribution in [3.05, 3.63) is 69.7 Å². The molecule has 1 aromatic heterocycles. The normalized spacial score (nSPS) is 17.3. The van der Waals surface area contributed by atoms with E-state index in [0.717, 1.165) is 11.1 Å². The number of carboxylic acid groups (broad SMARTS) is 1. The van der Waals surface area contributed by atoms with E-state index in [4.69, 9.17) is 23.2 Å². The summed E-state index contributed by atoms with van der Waals surface area (Å²) in [6.45, 7) is 0. The average Bonchev–Trinajstić information content (AvgIpc) is 3.16. The lowest BCUT2D eigenvalue weighted by molar-refractivity contribution is -0.305. The highest BCUT2D eigenvalue weighted by atomic mass is 35.5. The summed E-state index contributed by atoms with van der Waals surface area (Å²) in [4.78, 5) is 27.1. The van der Waals surface area contributed by atoms with Crippen LogP contribution in [0.3, 0.4) is 0 Å². The second-order valence-electron chi connectivity index (χ2n) is 7.50. The van der Waals surface area contributed by atoms with Gasteiger partial charge in [-0.15, -0.1) is 5.10 Å². The predicted octanol–water partition coefficient (Wildman–Crippen LogP) is 3.59. The number of nitrogens with zero attached hydrogens (tertiary/aromatic N) is 3. The number of carbonyl (C=O) groups excluding carboxylic acids is 2. The SMILES string of the molecule is O=C([O-])CCCC(=O)Nc1nc2n(n1)[C@H](c1ccccc1Cl)C[C@@H](c1ccc(Cl)cc1)N2. The number of aromatic nitrogens is 3. The van der Waals surface area contributed by atoms with Crippen LogP contribution in [0.5, 0.6) is 0 Å². The molecule has 0 bridgehead atoms. The number of carboxylic acids is 1. The van der Waals surface area contributed by atoms with Crippen LogP contribution in [0.15, 0.2) is 48.5 Å². The molecule has 8 nitrogen and oxygen atoms in total. The number of nitrogens with one attached hydrogen (secondary N) is 2. The molecule has 0 fully saturated rings. The third-order valence-electron chi connectivity index (χ3n) is 5.26. The van der Waals surface area contributed by atoms with E-state index in [-0.39, 0.29) is 43.2 Å². The summed E-state index contributed by atoms with van der Waals surface area (Å²) in [6.07, 6.45) is 0.688. The van der Waals surface area contributed by atoms with Gasteiger partial charge < -0.3 is 15.2 Å². The first kappa shape index (κ1) is 22.1. The van der Waals surface area contributed by atoms with E-state index in [1.54, 1.807) is 4.68 Å². The Morgan fingerprint density at radius 2 is 1.88 bits per heavy atom. The minimum absolute atomic E-state index is 0.0343. The number of benzene rings is 2. The molecule has 0 saturated carbocycles. The van der Waals surface area contributed by atoms with Crippen LogP contribution in [-0.4, -0.2) is 26.6 Å². The molecular weight excluding hydrogens is 453 g/mol. The first-order chi connectivity index (χ1) is 15.4. The molecule has 166 valence electrons. The number of amides is 1. The van der Waals surface area contributed by atoms with Crippen molar-refractivity contribution in [2.24, 2.45) is 0 Å². The molecule has 10 heteroatoms. The molecule has 2 heterocycles. The van der Waals surface area contributed by atoms with E-state index in [1.165, 1.54) is 0 Å². The van der Waals surface area contributed by atoms with Gasteiger partial charge in [0, 0.05) is 22.4 Å². The Morgan fingerprint density at radius 3 is 2.59 bits per heavy atom. The molecule has 0 spiro atoms. The number of anilines is 2. The lowest BCUT2D eigenvalue weighted by Gasteiger charge is -2.32. The minimum Gasteiger partial charge on any atom is -0.550 e. The summed E-state index contributed by atoms with van der Waals surface area (Å²) in [7, 11) is 0. The zero-order chi connectivity index (χ0) is 22.7. The van der Waals surface area contributed by atoms with Crippen LogP contribution in [0.4, 0.5) is 11.9 Å². The maximum atomic E-state index is 12.2. The first-order valence-electron chi connectivity index (χ1n) is 10.1. The van der Waals surface area contributed by atoms with Gasteiger partial charge in [0.25, 0.3) is 5.95 Å². The summed E-state index contributed by atoms with van der Waals surface area (Å²) in [5, 5.41) is 22.3. The maximum absolute atomic E-state index is 12.2. The van der Waals surface area contributed by atoms with Gasteiger partial charge in [0.05, 0.1) is 12.1 Å².